The van der Waals surface area contributed by atoms with Gasteiger partial charge in [-0.05, 0) is 38.0 Å². The largest absolute Gasteiger partial charge is 0.399 e. The molecule has 112 valence electrons. The number of hydrogen-bond donors (Lipinski definition) is 1. The van der Waals surface area contributed by atoms with Crippen LogP contribution in [0.2, 0.25) is 0 Å². The zero-order valence-electron chi connectivity index (χ0n) is 11.4. The molecule has 5 nitrogen and oxygen atoms in total. The molecule has 0 radical (unpaired) electrons. The minimum atomic E-state index is -3.72. The van der Waals surface area contributed by atoms with Crippen molar-refractivity contribution in [3.05, 3.63) is 24.0 Å². The number of hydrogen-bond acceptors (Lipinski definition) is 4. The number of benzene rings is 1. The molecule has 1 saturated heterocycles. The monoisotopic (exact) mass is 302 g/mol. The van der Waals surface area contributed by atoms with Crippen molar-refractivity contribution in [2.45, 2.75) is 30.8 Å². The van der Waals surface area contributed by atoms with Crippen molar-refractivity contribution in [3.8, 4) is 0 Å². The maximum atomic E-state index is 13.3. The summed E-state index contributed by atoms with van der Waals surface area (Å²) < 4.78 is 45.1. The van der Waals surface area contributed by atoms with E-state index < -0.39 is 15.8 Å². The Morgan fingerprint density at radius 2 is 2.20 bits per heavy atom. The van der Waals surface area contributed by atoms with E-state index in [2.05, 4.69) is 0 Å². The summed E-state index contributed by atoms with van der Waals surface area (Å²) in [6, 6.07) is 3.37. The highest BCUT2D eigenvalue weighted by molar-refractivity contribution is 7.89. The molecule has 0 saturated carbocycles. The van der Waals surface area contributed by atoms with Gasteiger partial charge < -0.3 is 10.5 Å². The molecule has 7 heteroatoms. The van der Waals surface area contributed by atoms with E-state index >= 15 is 0 Å². The summed E-state index contributed by atoms with van der Waals surface area (Å²) in [5.41, 5.74) is 5.61. The van der Waals surface area contributed by atoms with E-state index in [1.165, 1.54) is 10.4 Å². The van der Waals surface area contributed by atoms with E-state index in [-0.39, 0.29) is 16.7 Å². The third kappa shape index (κ3) is 3.28. The van der Waals surface area contributed by atoms with E-state index in [0.29, 0.717) is 19.7 Å². The van der Waals surface area contributed by atoms with Crippen molar-refractivity contribution in [2.24, 2.45) is 0 Å². The first-order valence-electron chi connectivity index (χ1n) is 6.61. The van der Waals surface area contributed by atoms with Gasteiger partial charge in [0.25, 0.3) is 0 Å². The topological polar surface area (TPSA) is 72.6 Å². The minimum absolute atomic E-state index is 0.0990. The molecule has 0 aliphatic carbocycles. The van der Waals surface area contributed by atoms with E-state index in [1.54, 1.807) is 0 Å². The van der Waals surface area contributed by atoms with Gasteiger partial charge in [0, 0.05) is 25.4 Å². The molecule has 1 aliphatic heterocycles. The van der Waals surface area contributed by atoms with Gasteiger partial charge in [-0.2, -0.15) is 4.31 Å². The smallest absolute Gasteiger partial charge is 0.243 e. The van der Waals surface area contributed by atoms with Gasteiger partial charge in [-0.25, -0.2) is 12.8 Å². The van der Waals surface area contributed by atoms with E-state index in [9.17, 15) is 12.8 Å². The minimum Gasteiger partial charge on any atom is -0.399 e. The van der Waals surface area contributed by atoms with Crippen molar-refractivity contribution in [1.82, 2.24) is 4.31 Å². The summed E-state index contributed by atoms with van der Waals surface area (Å²) >= 11 is 0. The molecule has 0 bridgehead atoms. The quantitative estimate of drug-likeness (QED) is 0.857. The Morgan fingerprint density at radius 3 is 2.85 bits per heavy atom. The molecular formula is C13H19FN2O3S. The van der Waals surface area contributed by atoms with Gasteiger partial charge in [-0.15, -0.1) is 0 Å². The Bertz CT molecular complexity index is 555. The van der Waals surface area contributed by atoms with Crippen LogP contribution in [0.25, 0.3) is 0 Å². The summed E-state index contributed by atoms with van der Waals surface area (Å²) in [5, 5.41) is 0. The standard InChI is InChI=1S/C13H19FN2O3S/c1-2-19-12-4-3-5-16(9-12)20(17,18)13-7-10(14)6-11(15)8-13/h6-8,12H,2-5,9,15H2,1H3. The van der Waals surface area contributed by atoms with Crippen LogP contribution >= 0.6 is 0 Å². The molecule has 1 fully saturated rings. The molecule has 1 unspecified atom stereocenters. The molecule has 0 spiro atoms. The fraction of sp³-hybridized carbons (Fsp3) is 0.538. The first-order chi connectivity index (χ1) is 9.43. The highest BCUT2D eigenvalue weighted by Gasteiger charge is 2.30. The number of nitrogens with zero attached hydrogens (tertiary/aromatic N) is 1. The van der Waals surface area contributed by atoms with Crippen molar-refractivity contribution in [3.63, 3.8) is 0 Å². The third-order valence-electron chi connectivity index (χ3n) is 3.27. The molecule has 0 aromatic heterocycles. The summed E-state index contributed by atoms with van der Waals surface area (Å²) in [7, 11) is -3.72. The molecule has 1 atom stereocenters. The molecule has 20 heavy (non-hydrogen) atoms. The van der Waals surface area contributed by atoms with Crippen LogP contribution in [0.4, 0.5) is 10.1 Å². The van der Waals surface area contributed by atoms with Gasteiger partial charge in [-0.1, -0.05) is 0 Å². The number of nitrogen functional groups attached to an aromatic ring is 1. The number of sulfonamides is 1. The number of halogens is 1. The lowest BCUT2D eigenvalue weighted by atomic mass is 10.1. The maximum Gasteiger partial charge on any atom is 0.243 e. The summed E-state index contributed by atoms with van der Waals surface area (Å²) in [6.07, 6.45) is 1.47. The number of piperidine rings is 1. The van der Waals surface area contributed by atoms with Gasteiger partial charge in [-0.3, -0.25) is 0 Å². The van der Waals surface area contributed by atoms with Crippen LogP contribution in [-0.2, 0) is 14.8 Å². The normalized spacial score (nSPS) is 21.0. The summed E-state index contributed by atoms with van der Waals surface area (Å²) in [6.45, 7) is 3.14. The van der Waals surface area contributed by atoms with Crippen LogP contribution in [0.5, 0.6) is 0 Å². The zero-order chi connectivity index (χ0) is 14.8. The predicted molar refractivity (Wildman–Crippen MR) is 74.2 cm³/mol. The second kappa shape index (κ2) is 6.07. The van der Waals surface area contributed by atoms with Gasteiger partial charge >= 0.3 is 0 Å². The first-order valence-corrected chi connectivity index (χ1v) is 8.05. The summed E-state index contributed by atoms with van der Waals surface area (Å²) in [5.74, 6) is -0.651. The number of ether oxygens (including phenoxy) is 1. The average molecular weight is 302 g/mol. The highest BCUT2D eigenvalue weighted by Crippen LogP contribution is 2.24. The van der Waals surface area contributed by atoms with E-state index in [4.69, 9.17) is 10.5 Å². The zero-order valence-corrected chi connectivity index (χ0v) is 12.2. The molecular weight excluding hydrogens is 283 g/mol. The number of rotatable bonds is 4. The summed E-state index contributed by atoms with van der Waals surface area (Å²) in [4.78, 5) is -0.104. The lowest BCUT2D eigenvalue weighted by molar-refractivity contribution is 0.0265. The molecule has 1 aromatic carbocycles. The van der Waals surface area contributed by atoms with Crippen molar-refractivity contribution >= 4 is 15.7 Å². The van der Waals surface area contributed by atoms with E-state index in [0.717, 1.165) is 25.0 Å². The first kappa shape index (κ1) is 15.2. The van der Waals surface area contributed by atoms with Crippen LogP contribution in [-0.4, -0.2) is 38.5 Å². The van der Waals surface area contributed by atoms with Crippen LogP contribution in [0.15, 0.2) is 23.1 Å². The molecule has 1 aromatic rings. The Morgan fingerprint density at radius 1 is 1.45 bits per heavy atom. The highest BCUT2D eigenvalue weighted by atomic mass is 32.2. The lowest BCUT2D eigenvalue weighted by Gasteiger charge is -2.31. The predicted octanol–water partition coefficient (Wildman–Crippen LogP) is 1.60. The third-order valence-corrected chi connectivity index (χ3v) is 5.12. The molecule has 0 amide bonds. The number of anilines is 1. The Kier molecular flexibility index (Phi) is 4.62. The van der Waals surface area contributed by atoms with Crippen LogP contribution < -0.4 is 5.73 Å². The van der Waals surface area contributed by atoms with Crippen LogP contribution in [0.1, 0.15) is 19.8 Å². The second-order valence-corrected chi connectivity index (χ2v) is 6.74. The van der Waals surface area contributed by atoms with Gasteiger partial charge in [0.15, 0.2) is 0 Å². The maximum absolute atomic E-state index is 13.3. The van der Waals surface area contributed by atoms with E-state index in [1.807, 2.05) is 6.92 Å². The second-order valence-electron chi connectivity index (χ2n) is 4.80. The average Bonchev–Trinajstić information content (AvgIpc) is 2.38. The van der Waals surface area contributed by atoms with Gasteiger partial charge in [0.1, 0.15) is 5.82 Å². The Balaban J connectivity index is 2.25. The fourth-order valence-electron chi connectivity index (χ4n) is 2.38. The molecule has 2 rings (SSSR count). The Labute approximate surface area is 118 Å². The van der Waals surface area contributed by atoms with Crippen molar-refractivity contribution < 1.29 is 17.5 Å². The SMILES string of the molecule is CCOC1CCCN(S(=O)(=O)c2cc(N)cc(F)c2)C1. The molecule has 1 heterocycles. The van der Waals surface area contributed by atoms with Crippen molar-refractivity contribution in [1.29, 1.82) is 0 Å². The number of nitrogens with two attached hydrogens (primary N) is 1. The molecule has 2 N–H and O–H groups in total. The molecule has 1 aliphatic rings. The van der Waals surface area contributed by atoms with Crippen LogP contribution in [0, 0.1) is 5.82 Å². The van der Waals surface area contributed by atoms with Gasteiger partial charge in [0.05, 0.1) is 11.0 Å². The van der Waals surface area contributed by atoms with Gasteiger partial charge in [0.2, 0.25) is 10.0 Å². The van der Waals surface area contributed by atoms with Crippen LogP contribution in [0.3, 0.4) is 0 Å². The van der Waals surface area contributed by atoms with Crippen molar-refractivity contribution in [2.75, 3.05) is 25.4 Å². The Hall–Kier alpha value is -1.18. The fourth-order valence-corrected chi connectivity index (χ4v) is 3.95. The lowest BCUT2D eigenvalue weighted by Crippen LogP contribution is -2.43.